The van der Waals surface area contributed by atoms with E-state index in [4.69, 9.17) is 4.74 Å². The standard InChI is InChI=1S/C9H14N2O3/c1-2-14-9(13)7-5-3-4-6(10-5)8(12)11-7/h5-7,10H,2-4H2,1H3,(H,11,12)/t5-,6-,7+/m0/s1. The zero-order chi connectivity index (χ0) is 10.1. The van der Waals surface area contributed by atoms with E-state index in [2.05, 4.69) is 10.6 Å². The lowest BCUT2D eigenvalue weighted by molar-refractivity contribution is -0.149. The second-order valence-corrected chi connectivity index (χ2v) is 3.64. The van der Waals surface area contributed by atoms with E-state index in [1.165, 1.54) is 0 Å². The number of carbonyl (C=O) groups is 2. The summed E-state index contributed by atoms with van der Waals surface area (Å²) in [5.74, 6) is -0.421. The van der Waals surface area contributed by atoms with Gasteiger partial charge in [-0.3, -0.25) is 4.79 Å². The molecule has 2 aliphatic heterocycles. The molecule has 1 amide bonds. The van der Waals surface area contributed by atoms with Crippen LogP contribution in [0.4, 0.5) is 0 Å². The summed E-state index contributed by atoms with van der Waals surface area (Å²) in [4.78, 5) is 22.8. The van der Waals surface area contributed by atoms with Gasteiger partial charge in [-0.2, -0.15) is 0 Å². The molecule has 14 heavy (non-hydrogen) atoms. The van der Waals surface area contributed by atoms with Crippen molar-refractivity contribution in [1.82, 2.24) is 10.6 Å². The highest BCUT2D eigenvalue weighted by Gasteiger charge is 2.43. The summed E-state index contributed by atoms with van der Waals surface area (Å²) in [6.07, 6.45) is 1.67. The van der Waals surface area contributed by atoms with Crippen LogP contribution in [0.1, 0.15) is 19.8 Å². The number of rotatable bonds is 2. The van der Waals surface area contributed by atoms with Gasteiger partial charge >= 0.3 is 5.97 Å². The fraction of sp³-hybridized carbons (Fsp3) is 0.778. The molecule has 5 nitrogen and oxygen atoms in total. The highest BCUT2D eigenvalue weighted by molar-refractivity contribution is 5.90. The molecule has 2 aliphatic rings. The van der Waals surface area contributed by atoms with Gasteiger partial charge in [0.2, 0.25) is 5.91 Å². The molecule has 2 N–H and O–H groups in total. The minimum Gasteiger partial charge on any atom is -0.464 e. The molecule has 3 atom stereocenters. The first-order chi connectivity index (χ1) is 6.72. The van der Waals surface area contributed by atoms with Crippen LogP contribution in [-0.2, 0) is 14.3 Å². The predicted octanol–water partition coefficient (Wildman–Crippen LogP) is -0.831. The van der Waals surface area contributed by atoms with Crippen LogP contribution >= 0.6 is 0 Å². The molecule has 2 saturated heterocycles. The van der Waals surface area contributed by atoms with Crippen molar-refractivity contribution in [3.63, 3.8) is 0 Å². The molecule has 0 radical (unpaired) electrons. The van der Waals surface area contributed by atoms with Gasteiger partial charge < -0.3 is 15.4 Å². The van der Waals surface area contributed by atoms with Gasteiger partial charge in [-0.05, 0) is 19.8 Å². The van der Waals surface area contributed by atoms with Crippen molar-refractivity contribution in [2.24, 2.45) is 0 Å². The van der Waals surface area contributed by atoms with Crippen LogP contribution < -0.4 is 10.6 Å². The van der Waals surface area contributed by atoms with Gasteiger partial charge in [0.05, 0.1) is 12.6 Å². The van der Waals surface area contributed by atoms with E-state index in [1.54, 1.807) is 6.92 Å². The Morgan fingerprint density at radius 3 is 3.07 bits per heavy atom. The Kier molecular flexibility index (Phi) is 2.41. The minimum atomic E-state index is -0.499. The molecule has 0 aromatic carbocycles. The third-order valence-corrected chi connectivity index (χ3v) is 2.74. The third kappa shape index (κ3) is 1.48. The maximum atomic E-state index is 11.5. The van der Waals surface area contributed by atoms with Crippen molar-refractivity contribution in [3.8, 4) is 0 Å². The molecule has 0 aliphatic carbocycles. The zero-order valence-corrected chi connectivity index (χ0v) is 8.08. The van der Waals surface area contributed by atoms with Crippen LogP contribution in [0.25, 0.3) is 0 Å². The van der Waals surface area contributed by atoms with E-state index in [0.29, 0.717) is 6.61 Å². The minimum absolute atomic E-state index is 0.0525. The van der Waals surface area contributed by atoms with Crippen molar-refractivity contribution < 1.29 is 14.3 Å². The first-order valence-corrected chi connectivity index (χ1v) is 4.95. The van der Waals surface area contributed by atoms with Crippen LogP contribution in [0.2, 0.25) is 0 Å². The average molecular weight is 198 g/mol. The van der Waals surface area contributed by atoms with E-state index < -0.39 is 6.04 Å². The second-order valence-electron chi connectivity index (χ2n) is 3.64. The van der Waals surface area contributed by atoms with Crippen molar-refractivity contribution >= 4 is 11.9 Å². The van der Waals surface area contributed by atoms with Gasteiger partial charge in [0.25, 0.3) is 0 Å². The van der Waals surface area contributed by atoms with Crippen LogP contribution in [-0.4, -0.2) is 36.6 Å². The topological polar surface area (TPSA) is 67.4 Å². The van der Waals surface area contributed by atoms with Gasteiger partial charge in [-0.15, -0.1) is 0 Å². The van der Waals surface area contributed by atoms with Crippen molar-refractivity contribution in [2.45, 2.75) is 37.9 Å². The first kappa shape index (κ1) is 9.45. The Morgan fingerprint density at radius 1 is 1.57 bits per heavy atom. The molecule has 0 aromatic heterocycles. The zero-order valence-electron chi connectivity index (χ0n) is 8.08. The Morgan fingerprint density at radius 2 is 2.36 bits per heavy atom. The second kappa shape index (κ2) is 3.57. The van der Waals surface area contributed by atoms with Crippen LogP contribution in [0, 0.1) is 0 Å². The van der Waals surface area contributed by atoms with Gasteiger partial charge in [0.15, 0.2) is 0 Å². The predicted molar refractivity (Wildman–Crippen MR) is 48.5 cm³/mol. The Bertz CT molecular complexity index is 267. The molecule has 0 saturated carbocycles. The first-order valence-electron chi connectivity index (χ1n) is 4.95. The summed E-state index contributed by atoms with van der Waals surface area (Å²) in [5.41, 5.74) is 0. The molecule has 2 rings (SSSR count). The molecular formula is C9H14N2O3. The highest BCUT2D eigenvalue weighted by Crippen LogP contribution is 2.20. The van der Waals surface area contributed by atoms with E-state index in [9.17, 15) is 9.59 Å². The van der Waals surface area contributed by atoms with Crippen molar-refractivity contribution in [3.05, 3.63) is 0 Å². The Hall–Kier alpha value is -1.10. The number of fused-ring (bicyclic) bond motifs is 2. The van der Waals surface area contributed by atoms with Gasteiger partial charge in [-0.1, -0.05) is 0 Å². The number of hydrogen-bond donors (Lipinski definition) is 2. The third-order valence-electron chi connectivity index (χ3n) is 2.74. The molecule has 2 heterocycles. The van der Waals surface area contributed by atoms with E-state index in [0.717, 1.165) is 12.8 Å². The van der Waals surface area contributed by atoms with E-state index in [-0.39, 0.29) is 24.0 Å². The maximum absolute atomic E-state index is 11.5. The SMILES string of the molecule is CCOC(=O)[C@@H]1NC(=O)[C@@H]2CC[C@@H]1N2. The van der Waals surface area contributed by atoms with E-state index in [1.807, 2.05) is 0 Å². The van der Waals surface area contributed by atoms with Gasteiger partial charge in [0, 0.05) is 6.04 Å². The monoisotopic (exact) mass is 198 g/mol. The number of nitrogens with one attached hydrogen (secondary N) is 2. The van der Waals surface area contributed by atoms with Crippen LogP contribution in [0.3, 0.4) is 0 Å². The normalized spacial score (nSPS) is 35.2. The summed E-state index contributed by atoms with van der Waals surface area (Å²) in [5, 5.41) is 5.80. The number of ether oxygens (including phenoxy) is 1. The lowest BCUT2D eigenvalue weighted by Gasteiger charge is -2.28. The Labute approximate surface area is 82.2 Å². The molecule has 5 heteroatoms. The highest BCUT2D eigenvalue weighted by atomic mass is 16.5. The van der Waals surface area contributed by atoms with Gasteiger partial charge in [0.1, 0.15) is 6.04 Å². The molecule has 0 unspecified atom stereocenters. The largest absolute Gasteiger partial charge is 0.464 e. The smallest absolute Gasteiger partial charge is 0.330 e. The maximum Gasteiger partial charge on any atom is 0.330 e. The number of carbonyl (C=O) groups excluding carboxylic acids is 2. The van der Waals surface area contributed by atoms with Crippen LogP contribution in [0.15, 0.2) is 0 Å². The van der Waals surface area contributed by atoms with Crippen LogP contribution in [0.5, 0.6) is 0 Å². The molecular weight excluding hydrogens is 184 g/mol. The number of esters is 1. The lowest BCUT2D eigenvalue weighted by atomic mass is 10.1. The number of piperazine rings is 1. The molecule has 2 bridgehead atoms. The quantitative estimate of drug-likeness (QED) is 0.568. The fourth-order valence-electron chi connectivity index (χ4n) is 2.05. The average Bonchev–Trinajstić information content (AvgIpc) is 2.57. The summed E-state index contributed by atoms with van der Waals surface area (Å²) in [6, 6.07) is -0.552. The molecule has 78 valence electrons. The van der Waals surface area contributed by atoms with Crippen molar-refractivity contribution in [2.75, 3.05) is 6.61 Å². The molecule has 2 fully saturated rings. The molecule has 0 spiro atoms. The number of hydrogen-bond acceptors (Lipinski definition) is 4. The summed E-state index contributed by atoms with van der Waals surface area (Å²) in [6.45, 7) is 2.11. The van der Waals surface area contributed by atoms with Crippen molar-refractivity contribution in [1.29, 1.82) is 0 Å². The summed E-state index contributed by atoms with van der Waals surface area (Å²) >= 11 is 0. The van der Waals surface area contributed by atoms with Gasteiger partial charge in [-0.25, -0.2) is 4.79 Å². The molecule has 0 aromatic rings. The summed E-state index contributed by atoms with van der Waals surface area (Å²) in [7, 11) is 0. The summed E-state index contributed by atoms with van der Waals surface area (Å²) < 4.78 is 4.89. The number of amides is 1. The van der Waals surface area contributed by atoms with E-state index >= 15 is 0 Å². The fourth-order valence-corrected chi connectivity index (χ4v) is 2.05. The Balaban J connectivity index is 2.05. The lowest BCUT2D eigenvalue weighted by Crippen LogP contribution is -2.62.